The summed E-state index contributed by atoms with van der Waals surface area (Å²) in [4.78, 5) is 21.9. The summed E-state index contributed by atoms with van der Waals surface area (Å²) >= 11 is 0. The highest BCUT2D eigenvalue weighted by Gasteiger charge is 2.05. The van der Waals surface area contributed by atoms with Gasteiger partial charge in [0.05, 0.1) is 5.56 Å². The van der Waals surface area contributed by atoms with Crippen LogP contribution in [0.3, 0.4) is 0 Å². The molecule has 0 aliphatic heterocycles. The quantitative estimate of drug-likeness (QED) is 0.854. The van der Waals surface area contributed by atoms with Crippen molar-refractivity contribution in [2.75, 3.05) is 0 Å². The molecule has 2 N–H and O–H groups in total. The van der Waals surface area contributed by atoms with E-state index in [-0.39, 0.29) is 0 Å². The Labute approximate surface area is 110 Å². The van der Waals surface area contributed by atoms with E-state index in [2.05, 4.69) is 0 Å². The average molecular weight is 255 g/mol. The first kappa shape index (κ1) is 12.8. The van der Waals surface area contributed by atoms with Gasteiger partial charge >= 0.3 is 0 Å². The zero-order valence-electron chi connectivity index (χ0n) is 10.4. The average Bonchev–Trinajstić information content (AvgIpc) is 2.41. The fraction of sp³-hybridized carbons (Fsp3) is 0.0667. The van der Waals surface area contributed by atoms with Crippen LogP contribution in [0.4, 0.5) is 0 Å². The van der Waals surface area contributed by atoms with Crippen LogP contribution < -0.4 is 10.5 Å². The lowest BCUT2D eigenvalue weighted by Crippen LogP contribution is -2.10. The molecule has 0 spiro atoms. The molecule has 0 saturated heterocycles. The predicted octanol–water partition coefficient (Wildman–Crippen LogP) is 2.70. The van der Waals surface area contributed by atoms with Gasteiger partial charge in [0, 0.05) is 5.56 Å². The number of ether oxygens (including phenoxy) is 1. The largest absolute Gasteiger partial charge is 0.457 e. The number of carbonyl (C=O) groups is 2. The molecule has 4 nitrogen and oxygen atoms in total. The van der Waals surface area contributed by atoms with Crippen LogP contribution >= 0.6 is 0 Å². The Morgan fingerprint density at radius 2 is 1.84 bits per heavy atom. The first-order chi connectivity index (χ1) is 9.10. The van der Waals surface area contributed by atoms with Gasteiger partial charge in [0.15, 0.2) is 6.29 Å². The maximum absolute atomic E-state index is 11.0. The van der Waals surface area contributed by atoms with Gasteiger partial charge in [-0.2, -0.15) is 0 Å². The van der Waals surface area contributed by atoms with Crippen LogP contribution in [0.25, 0.3) is 0 Å². The lowest BCUT2D eigenvalue weighted by Gasteiger charge is -2.08. The molecule has 19 heavy (non-hydrogen) atoms. The molecule has 2 aromatic rings. The van der Waals surface area contributed by atoms with Gasteiger partial charge < -0.3 is 10.5 Å². The summed E-state index contributed by atoms with van der Waals surface area (Å²) in [6.45, 7) is 1.90. The summed E-state index contributed by atoms with van der Waals surface area (Å²) in [5.74, 6) is 0.528. The Hall–Kier alpha value is -2.62. The summed E-state index contributed by atoms with van der Waals surface area (Å²) < 4.78 is 5.61. The molecule has 0 saturated carbocycles. The van der Waals surface area contributed by atoms with Crippen LogP contribution in [0.15, 0.2) is 42.5 Å². The third-order valence-corrected chi connectivity index (χ3v) is 2.66. The maximum atomic E-state index is 11.0. The summed E-state index contributed by atoms with van der Waals surface area (Å²) in [6.07, 6.45) is 0.750. The Balaban J connectivity index is 2.26. The molecule has 1 amide bonds. The van der Waals surface area contributed by atoms with Crippen molar-refractivity contribution in [3.8, 4) is 11.5 Å². The number of aryl methyl sites for hydroxylation is 1. The second kappa shape index (κ2) is 5.35. The predicted molar refractivity (Wildman–Crippen MR) is 71.6 cm³/mol. The van der Waals surface area contributed by atoms with Crippen LogP contribution in [0, 0.1) is 6.92 Å². The second-order valence-corrected chi connectivity index (χ2v) is 4.15. The molecule has 0 bridgehead atoms. The standard InChI is InChI=1S/C15H13NO3/c1-10-2-7-14(12(8-10)9-17)19-13-5-3-11(4-6-13)15(16)18/h2-9H,1H3,(H2,16,18). The maximum Gasteiger partial charge on any atom is 0.248 e. The minimum atomic E-state index is -0.490. The summed E-state index contributed by atoms with van der Waals surface area (Å²) in [6, 6.07) is 11.8. The van der Waals surface area contributed by atoms with Gasteiger partial charge in [-0.05, 0) is 43.3 Å². The van der Waals surface area contributed by atoms with Gasteiger partial charge in [-0.25, -0.2) is 0 Å². The van der Waals surface area contributed by atoms with Gasteiger partial charge in [-0.3, -0.25) is 9.59 Å². The number of benzene rings is 2. The Morgan fingerprint density at radius 3 is 2.42 bits per heavy atom. The van der Waals surface area contributed by atoms with Crippen LogP contribution in [-0.4, -0.2) is 12.2 Å². The van der Waals surface area contributed by atoms with Crippen LogP contribution in [0.5, 0.6) is 11.5 Å². The highest BCUT2D eigenvalue weighted by molar-refractivity contribution is 5.92. The first-order valence-electron chi connectivity index (χ1n) is 5.73. The van der Waals surface area contributed by atoms with Crippen molar-refractivity contribution in [1.82, 2.24) is 0 Å². The number of amides is 1. The first-order valence-corrected chi connectivity index (χ1v) is 5.73. The number of hydrogen-bond donors (Lipinski definition) is 1. The minimum absolute atomic E-state index is 0.409. The monoisotopic (exact) mass is 255 g/mol. The molecule has 0 heterocycles. The smallest absolute Gasteiger partial charge is 0.248 e. The third kappa shape index (κ3) is 2.98. The molecule has 2 rings (SSSR count). The molecular weight excluding hydrogens is 242 g/mol. The van der Waals surface area contributed by atoms with Crippen molar-refractivity contribution >= 4 is 12.2 Å². The van der Waals surface area contributed by atoms with E-state index in [9.17, 15) is 9.59 Å². The normalized spacial score (nSPS) is 9.95. The molecule has 0 aromatic heterocycles. The van der Waals surface area contributed by atoms with Crippen LogP contribution in [0.1, 0.15) is 26.3 Å². The number of carbonyl (C=O) groups excluding carboxylic acids is 2. The topological polar surface area (TPSA) is 69.4 Å². The van der Waals surface area contributed by atoms with E-state index in [1.165, 1.54) is 0 Å². The molecule has 0 aliphatic rings. The van der Waals surface area contributed by atoms with Crippen LogP contribution in [0.2, 0.25) is 0 Å². The van der Waals surface area contributed by atoms with Gasteiger partial charge in [0.1, 0.15) is 11.5 Å². The Morgan fingerprint density at radius 1 is 1.16 bits per heavy atom. The Kier molecular flexibility index (Phi) is 3.61. The number of rotatable bonds is 4. The van der Waals surface area contributed by atoms with E-state index in [0.29, 0.717) is 22.6 Å². The van der Waals surface area contributed by atoms with E-state index >= 15 is 0 Å². The molecule has 0 aliphatic carbocycles. The lowest BCUT2D eigenvalue weighted by molar-refractivity contribution is 0.1000. The highest BCUT2D eigenvalue weighted by Crippen LogP contribution is 2.25. The van der Waals surface area contributed by atoms with Crippen molar-refractivity contribution in [1.29, 1.82) is 0 Å². The van der Waals surface area contributed by atoms with Crippen molar-refractivity contribution in [2.24, 2.45) is 5.73 Å². The van der Waals surface area contributed by atoms with E-state index < -0.39 is 5.91 Å². The number of primary amides is 1. The fourth-order valence-electron chi connectivity index (χ4n) is 1.67. The summed E-state index contributed by atoms with van der Waals surface area (Å²) in [7, 11) is 0. The SMILES string of the molecule is Cc1ccc(Oc2ccc(C(N)=O)cc2)c(C=O)c1. The number of hydrogen-bond acceptors (Lipinski definition) is 3. The minimum Gasteiger partial charge on any atom is -0.457 e. The molecular formula is C15H13NO3. The molecule has 2 aromatic carbocycles. The van der Waals surface area contributed by atoms with E-state index in [0.717, 1.165) is 11.8 Å². The van der Waals surface area contributed by atoms with E-state index in [4.69, 9.17) is 10.5 Å². The molecule has 96 valence electrons. The van der Waals surface area contributed by atoms with Crippen molar-refractivity contribution in [2.45, 2.75) is 6.92 Å². The highest BCUT2D eigenvalue weighted by atomic mass is 16.5. The van der Waals surface area contributed by atoms with Crippen molar-refractivity contribution < 1.29 is 14.3 Å². The van der Waals surface area contributed by atoms with E-state index in [1.54, 1.807) is 36.4 Å². The van der Waals surface area contributed by atoms with Crippen molar-refractivity contribution in [3.05, 3.63) is 59.2 Å². The van der Waals surface area contributed by atoms with E-state index in [1.807, 2.05) is 13.0 Å². The third-order valence-electron chi connectivity index (χ3n) is 2.66. The molecule has 0 unspecified atom stereocenters. The van der Waals surface area contributed by atoms with Crippen LogP contribution in [-0.2, 0) is 0 Å². The summed E-state index contributed by atoms with van der Waals surface area (Å²) in [5.41, 5.74) is 7.03. The Bertz CT molecular complexity index is 618. The molecule has 0 radical (unpaired) electrons. The van der Waals surface area contributed by atoms with Gasteiger partial charge in [-0.15, -0.1) is 0 Å². The van der Waals surface area contributed by atoms with Crippen molar-refractivity contribution in [3.63, 3.8) is 0 Å². The molecule has 4 heteroatoms. The summed E-state index contributed by atoms with van der Waals surface area (Å²) in [5, 5.41) is 0. The molecule has 0 fully saturated rings. The van der Waals surface area contributed by atoms with Gasteiger partial charge in [0.25, 0.3) is 0 Å². The number of aldehydes is 1. The zero-order chi connectivity index (χ0) is 13.8. The van der Waals surface area contributed by atoms with Gasteiger partial charge in [-0.1, -0.05) is 11.6 Å². The van der Waals surface area contributed by atoms with Gasteiger partial charge in [0.2, 0.25) is 5.91 Å². The zero-order valence-corrected chi connectivity index (χ0v) is 10.4. The number of nitrogens with two attached hydrogens (primary N) is 1. The second-order valence-electron chi connectivity index (χ2n) is 4.15. The lowest BCUT2D eigenvalue weighted by atomic mass is 10.1. The molecule has 0 atom stereocenters. The fourth-order valence-corrected chi connectivity index (χ4v) is 1.67.